The second kappa shape index (κ2) is 9.58. The molecule has 3 heterocycles. The molecule has 9 nitrogen and oxygen atoms in total. The molecule has 0 aliphatic carbocycles. The molecule has 0 aliphatic heterocycles. The monoisotopic (exact) mass is 461 g/mol. The van der Waals surface area contributed by atoms with Crippen molar-refractivity contribution in [1.29, 1.82) is 0 Å². The van der Waals surface area contributed by atoms with Crippen molar-refractivity contribution in [3.05, 3.63) is 49.4 Å². The van der Waals surface area contributed by atoms with E-state index < -0.39 is 5.97 Å². The molecule has 162 valence electrons. The Morgan fingerprint density at radius 1 is 1.16 bits per heavy atom. The molecule has 0 spiro atoms. The number of rotatable bonds is 5. The van der Waals surface area contributed by atoms with Crippen LogP contribution in [-0.4, -0.2) is 47.0 Å². The Bertz CT molecular complexity index is 1280. The molecular formula is C20H19N3O6S2. The van der Waals surface area contributed by atoms with Crippen molar-refractivity contribution < 1.29 is 24.1 Å². The lowest BCUT2D eigenvalue weighted by molar-refractivity contribution is -0.134. The van der Waals surface area contributed by atoms with Crippen molar-refractivity contribution in [2.24, 2.45) is 0 Å². The van der Waals surface area contributed by atoms with E-state index in [-0.39, 0.29) is 5.56 Å². The van der Waals surface area contributed by atoms with Crippen LogP contribution < -0.4 is 24.3 Å². The first-order valence-corrected chi connectivity index (χ1v) is 10.5. The zero-order chi connectivity index (χ0) is 22.5. The van der Waals surface area contributed by atoms with Crippen LogP contribution in [0.1, 0.15) is 11.8 Å². The predicted octanol–water partition coefficient (Wildman–Crippen LogP) is 2.54. The van der Waals surface area contributed by atoms with Gasteiger partial charge in [0.25, 0.3) is 11.5 Å². The summed E-state index contributed by atoms with van der Waals surface area (Å²) in [7, 11) is 4.63. The van der Waals surface area contributed by atoms with Gasteiger partial charge in [0.2, 0.25) is 10.7 Å². The van der Waals surface area contributed by atoms with E-state index in [0.717, 1.165) is 11.8 Å². The van der Waals surface area contributed by atoms with Gasteiger partial charge in [0, 0.05) is 17.4 Å². The number of benzene rings is 1. The first-order valence-electron chi connectivity index (χ1n) is 8.82. The van der Waals surface area contributed by atoms with Gasteiger partial charge in [-0.25, -0.2) is 0 Å². The largest absolute Gasteiger partial charge is 0.493 e. The average Bonchev–Trinajstić information content (AvgIpc) is 3.46. The SMILES string of the molecule is CC(=O)O.COc1cc(-c2nc3s/c(=C\c4cccs4)c(=O)n3n2)cc(OC)c1OC. The summed E-state index contributed by atoms with van der Waals surface area (Å²) in [6, 6.07) is 7.41. The first kappa shape index (κ1) is 22.2. The summed E-state index contributed by atoms with van der Waals surface area (Å²) >= 11 is 2.88. The maximum absolute atomic E-state index is 12.6. The zero-order valence-corrected chi connectivity index (χ0v) is 18.7. The molecule has 31 heavy (non-hydrogen) atoms. The molecule has 0 bridgehead atoms. The summed E-state index contributed by atoms with van der Waals surface area (Å²) in [5, 5.41) is 13.8. The molecule has 4 aromatic rings. The van der Waals surface area contributed by atoms with Gasteiger partial charge in [-0.3, -0.25) is 9.59 Å². The highest BCUT2D eigenvalue weighted by atomic mass is 32.1. The van der Waals surface area contributed by atoms with Crippen LogP contribution in [0.2, 0.25) is 0 Å². The van der Waals surface area contributed by atoms with Gasteiger partial charge in [0.05, 0.1) is 25.9 Å². The Hall–Kier alpha value is -3.44. The maximum Gasteiger partial charge on any atom is 0.300 e. The molecule has 1 N–H and O–H groups in total. The van der Waals surface area contributed by atoms with Crippen LogP contribution in [0.5, 0.6) is 17.2 Å². The molecule has 0 saturated heterocycles. The van der Waals surface area contributed by atoms with Crippen LogP contribution in [-0.2, 0) is 4.79 Å². The summed E-state index contributed by atoms with van der Waals surface area (Å²) in [6.45, 7) is 1.08. The summed E-state index contributed by atoms with van der Waals surface area (Å²) in [5.41, 5.74) is 0.484. The predicted molar refractivity (Wildman–Crippen MR) is 119 cm³/mol. The lowest BCUT2D eigenvalue weighted by Gasteiger charge is -2.12. The van der Waals surface area contributed by atoms with Gasteiger partial charge in [-0.05, 0) is 29.7 Å². The second-order valence-corrected chi connectivity index (χ2v) is 7.98. The fourth-order valence-electron chi connectivity index (χ4n) is 2.67. The number of carbonyl (C=O) groups is 1. The molecule has 1 aromatic carbocycles. The number of carboxylic acids is 1. The summed E-state index contributed by atoms with van der Waals surface area (Å²) in [4.78, 5) is 27.7. The third-order valence-electron chi connectivity index (χ3n) is 3.92. The molecule has 0 saturated carbocycles. The Morgan fingerprint density at radius 2 is 1.81 bits per heavy atom. The molecule has 0 atom stereocenters. The van der Waals surface area contributed by atoms with Gasteiger partial charge in [-0.2, -0.15) is 9.50 Å². The number of methoxy groups -OCH3 is 3. The van der Waals surface area contributed by atoms with E-state index in [1.165, 1.54) is 15.9 Å². The van der Waals surface area contributed by atoms with E-state index in [9.17, 15) is 4.79 Å². The smallest absolute Gasteiger partial charge is 0.300 e. The van der Waals surface area contributed by atoms with Crippen molar-refractivity contribution in [3.63, 3.8) is 0 Å². The number of aromatic nitrogens is 3. The number of carboxylic acid groups (broad SMARTS) is 1. The van der Waals surface area contributed by atoms with E-state index in [4.69, 9.17) is 24.1 Å². The molecule has 4 rings (SSSR count). The van der Waals surface area contributed by atoms with Crippen molar-refractivity contribution >= 4 is 39.7 Å². The lowest BCUT2D eigenvalue weighted by Crippen LogP contribution is -2.23. The van der Waals surface area contributed by atoms with Gasteiger partial charge < -0.3 is 19.3 Å². The van der Waals surface area contributed by atoms with E-state index in [1.54, 1.807) is 44.8 Å². The van der Waals surface area contributed by atoms with Gasteiger partial charge in [-0.1, -0.05) is 17.4 Å². The van der Waals surface area contributed by atoms with Crippen LogP contribution in [0.15, 0.2) is 34.4 Å². The molecule has 0 aliphatic rings. The molecule has 0 fully saturated rings. The third-order valence-corrected chi connectivity index (χ3v) is 5.70. The summed E-state index contributed by atoms with van der Waals surface area (Å²) in [6.07, 6.45) is 1.85. The van der Waals surface area contributed by atoms with Crippen LogP contribution in [0, 0.1) is 0 Å². The minimum Gasteiger partial charge on any atom is -0.493 e. The number of thiazole rings is 1. The highest BCUT2D eigenvalue weighted by Crippen LogP contribution is 2.40. The van der Waals surface area contributed by atoms with E-state index in [1.807, 2.05) is 23.6 Å². The van der Waals surface area contributed by atoms with Crippen molar-refractivity contribution in [2.75, 3.05) is 21.3 Å². The van der Waals surface area contributed by atoms with E-state index in [2.05, 4.69) is 10.1 Å². The number of hydrogen-bond donors (Lipinski definition) is 1. The second-order valence-electron chi connectivity index (χ2n) is 5.99. The fraction of sp³-hybridized carbons (Fsp3) is 0.200. The normalized spacial score (nSPS) is 11.2. The fourth-order valence-corrected chi connectivity index (χ4v) is 4.30. The number of thiophene rings is 1. The number of nitrogens with zero attached hydrogens (tertiary/aromatic N) is 3. The number of fused-ring (bicyclic) bond motifs is 1. The minimum absolute atomic E-state index is 0.186. The average molecular weight is 462 g/mol. The third kappa shape index (κ3) is 4.84. The highest BCUT2D eigenvalue weighted by molar-refractivity contribution is 7.15. The Labute approximate surface area is 184 Å². The first-order chi connectivity index (χ1) is 14.9. The summed E-state index contributed by atoms with van der Waals surface area (Å²) in [5.74, 6) is 1.07. The Balaban J connectivity index is 0.000000628. The molecule has 0 radical (unpaired) electrons. The minimum atomic E-state index is -0.833. The maximum atomic E-state index is 12.6. The number of hydrogen-bond acceptors (Lipinski definition) is 9. The van der Waals surface area contributed by atoms with Crippen molar-refractivity contribution in [2.45, 2.75) is 6.92 Å². The van der Waals surface area contributed by atoms with Gasteiger partial charge >= 0.3 is 0 Å². The van der Waals surface area contributed by atoms with Crippen LogP contribution >= 0.6 is 22.7 Å². The topological polar surface area (TPSA) is 112 Å². The van der Waals surface area contributed by atoms with Crippen molar-refractivity contribution in [3.8, 4) is 28.6 Å². The van der Waals surface area contributed by atoms with Crippen molar-refractivity contribution in [1.82, 2.24) is 14.6 Å². The van der Waals surface area contributed by atoms with Gasteiger partial charge in [0.15, 0.2) is 17.3 Å². The Morgan fingerprint density at radius 3 is 2.29 bits per heavy atom. The molecule has 11 heteroatoms. The molecule has 3 aromatic heterocycles. The van der Waals surface area contributed by atoms with E-state index in [0.29, 0.717) is 38.1 Å². The lowest BCUT2D eigenvalue weighted by atomic mass is 10.1. The molecular weight excluding hydrogens is 442 g/mol. The quantitative estimate of drug-likeness (QED) is 0.483. The number of ether oxygens (including phenoxy) is 3. The zero-order valence-electron chi connectivity index (χ0n) is 17.1. The molecule has 0 amide bonds. The van der Waals surface area contributed by atoms with Crippen LogP contribution in [0.3, 0.4) is 0 Å². The van der Waals surface area contributed by atoms with E-state index >= 15 is 0 Å². The van der Waals surface area contributed by atoms with Gasteiger partial charge in [-0.15, -0.1) is 16.4 Å². The highest BCUT2D eigenvalue weighted by Gasteiger charge is 2.18. The van der Waals surface area contributed by atoms with Crippen LogP contribution in [0.4, 0.5) is 0 Å². The summed E-state index contributed by atoms with van der Waals surface area (Å²) < 4.78 is 18.0. The van der Waals surface area contributed by atoms with Crippen LogP contribution in [0.25, 0.3) is 22.4 Å². The van der Waals surface area contributed by atoms with Gasteiger partial charge in [0.1, 0.15) is 0 Å². The number of aliphatic carboxylic acids is 1. The molecule has 0 unspecified atom stereocenters. The standard InChI is InChI=1S/C18H15N3O4S2.C2H4O2/c1-23-12-7-10(8-13(24-2)15(12)25-3)16-19-18-21(20-16)17(22)14(27-18)9-11-5-4-6-26-11;1-2(3)4/h4-9H,1-3H3;1H3,(H,3,4)/b14-9-;. The Kier molecular flexibility index (Phi) is 6.88.